The van der Waals surface area contributed by atoms with E-state index in [1.54, 1.807) is 17.7 Å². The number of thioether (sulfide) groups is 1. The molecule has 0 aromatic carbocycles. The Morgan fingerprint density at radius 3 is 2.81 bits per heavy atom. The second-order valence-corrected chi connectivity index (χ2v) is 5.44. The van der Waals surface area contributed by atoms with Crippen LogP contribution in [0.1, 0.15) is 17.5 Å². The highest BCUT2D eigenvalue weighted by Crippen LogP contribution is 2.28. The van der Waals surface area contributed by atoms with Crippen molar-refractivity contribution < 1.29 is 15.0 Å². The van der Waals surface area contributed by atoms with E-state index in [1.165, 1.54) is 17.8 Å². The molecule has 0 fully saturated rings. The number of hydrogen-bond acceptors (Lipinski definition) is 5. The van der Waals surface area contributed by atoms with E-state index in [0.717, 1.165) is 0 Å². The minimum atomic E-state index is -0.993. The third-order valence-corrected chi connectivity index (χ3v) is 4.08. The molecule has 114 valence electrons. The lowest BCUT2D eigenvalue weighted by Crippen LogP contribution is -2.38. The number of carboxylic acid groups (broad SMARTS) is 1. The van der Waals surface area contributed by atoms with Gasteiger partial charge in [-0.2, -0.15) is 0 Å². The summed E-state index contributed by atoms with van der Waals surface area (Å²) in [6.07, 6.45) is 8.78. The molecule has 3 N–H and O–H groups in total. The van der Waals surface area contributed by atoms with Crippen molar-refractivity contribution in [3.63, 3.8) is 0 Å². The number of nitrogens with zero attached hydrogens (tertiary/aromatic N) is 1. The van der Waals surface area contributed by atoms with Crippen molar-refractivity contribution in [2.75, 3.05) is 12.8 Å². The lowest BCUT2D eigenvalue weighted by atomic mass is 10.2. The Balaban J connectivity index is 3.02. The Kier molecular flexibility index (Phi) is 6.34. The maximum absolute atomic E-state index is 11.4. The van der Waals surface area contributed by atoms with Crippen LogP contribution in [0.2, 0.25) is 0 Å². The molecule has 0 aliphatic carbocycles. The fourth-order valence-corrected chi connectivity index (χ4v) is 2.77. The lowest BCUT2D eigenvalue weighted by Gasteiger charge is -2.24. The number of carboxylic acids is 1. The van der Waals surface area contributed by atoms with Crippen molar-refractivity contribution in [2.24, 2.45) is 0 Å². The molecule has 0 radical (unpaired) electrons. The summed E-state index contributed by atoms with van der Waals surface area (Å²) in [4.78, 5) is 22.6. The van der Waals surface area contributed by atoms with Gasteiger partial charge in [-0.25, -0.2) is 0 Å². The topological polar surface area (TPSA) is 91.6 Å². The Labute approximate surface area is 127 Å². The summed E-state index contributed by atoms with van der Waals surface area (Å²) in [6.45, 7) is 1.77. The Bertz CT molecular complexity index is 606. The van der Waals surface area contributed by atoms with Crippen LogP contribution >= 0.6 is 11.8 Å². The number of nitrogens with one attached hydrogen (secondary N) is 1. The van der Waals surface area contributed by atoms with Gasteiger partial charge in [-0.05, 0) is 13.2 Å². The fraction of sp³-hybridized carbons (Fsp3) is 0.429. The molecule has 1 heterocycles. The van der Waals surface area contributed by atoms with Crippen LogP contribution in [0.15, 0.2) is 17.1 Å². The molecule has 1 aromatic rings. The molecule has 1 rings (SSSR count). The van der Waals surface area contributed by atoms with E-state index < -0.39 is 17.4 Å². The first-order valence-electron chi connectivity index (χ1n) is 6.25. The molecular formula is C14H18N2O4S. The summed E-state index contributed by atoms with van der Waals surface area (Å²) < 4.78 is 1.69. The normalized spacial score (nSPS) is 13.4. The number of carbonyl (C=O) groups is 1. The van der Waals surface area contributed by atoms with Crippen LogP contribution in [0.5, 0.6) is 5.75 Å². The summed E-state index contributed by atoms with van der Waals surface area (Å²) in [5, 5.41) is 21.4. The second-order valence-electron chi connectivity index (χ2n) is 4.42. The zero-order valence-corrected chi connectivity index (χ0v) is 12.7. The van der Waals surface area contributed by atoms with Gasteiger partial charge in [0, 0.05) is 18.7 Å². The third-order valence-electron chi connectivity index (χ3n) is 3.12. The Morgan fingerprint density at radius 2 is 2.29 bits per heavy atom. The van der Waals surface area contributed by atoms with Gasteiger partial charge in [0.15, 0.2) is 5.75 Å². The van der Waals surface area contributed by atoms with Crippen molar-refractivity contribution in [1.29, 1.82) is 0 Å². The van der Waals surface area contributed by atoms with Gasteiger partial charge in [-0.15, -0.1) is 18.2 Å². The second kappa shape index (κ2) is 7.76. The maximum atomic E-state index is 11.4. The molecule has 0 saturated heterocycles. The molecule has 7 heteroatoms. The van der Waals surface area contributed by atoms with E-state index in [-0.39, 0.29) is 24.1 Å². The predicted molar refractivity (Wildman–Crippen MR) is 82.5 cm³/mol. The molecule has 21 heavy (non-hydrogen) atoms. The number of hydrogen-bond donors (Lipinski definition) is 3. The van der Waals surface area contributed by atoms with Crippen LogP contribution in [0.3, 0.4) is 0 Å². The van der Waals surface area contributed by atoms with Crippen molar-refractivity contribution in [1.82, 2.24) is 9.88 Å². The summed E-state index contributed by atoms with van der Waals surface area (Å²) in [5.74, 6) is 1.03. The predicted octanol–water partition coefficient (Wildman–Crippen LogP) is 0.790. The summed E-state index contributed by atoms with van der Waals surface area (Å²) >= 11 is 1.43. The molecule has 0 spiro atoms. The molecule has 0 saturated carbocycles. The lowest BCUT2D eigenvalue weighted by molar-refractivity contribution is -0.139. The highest BCUT2D eigenvalue weighted by Gasteiger charge is 2.23. The van der Waals surface area contributed by atoms with Gasteiger partial charge >= 0.3 is 5.97 Å². The molecule has 0 aliphatic heterocycles. The van der Waals surface area contributed by atoms with Gasteiger partial charge in [-0.3, -0.25) is 14.9 Å². The zero-order chi connectivity index (χ0) is 16.0. The van der Waals surface area contributed by atoms with Crippen LogP contribution in [0.25, 0.3) is 0 Å². The van der Waals surface area contributed by atoms with E-state index in [9.17, 15) is 19.8 Å². The minimum Gasteiger partial charge on any atom is -0.503 e. The molecule has 0 aliphatic rings. The largest absolute Gasteiger partial charge is 0.503 e. The average Bonchev–Trinajstić information content (AvgIpc) is 2.46. The average molecular weight is 310 g/mol. The van der Waals surface area contributed by atoms with E-state index in [2.05, 4.69) is 11.2 Å². The van der Waals surface area contributed by atoms with Crippen LogP contribution in [0.4, 0.5) is 0 Å². The molecular weight excluding hydrogens is 292 g/mol. The first-order chi connectivity index (χ1) is 9.92. The first kappa shape index (κ1) is 17.1. The smallest absolute Gasteiger partial charge is 0.320 e. The standard InChI is InChI=1S/C14H18N2O4S/c1-4-6-15-10(14(19)20)8-12(21-3)16-7-5-11(17)13(18)9(16)2/h1,5,7,10,12,15,18H,6,8H2,2-3H3,(H,19,20). The Hall–Kier alpha value is -1.91. The van der Waals surface area contributed by atoms with Gasteiger partial charge in [0.25, 0.3) is 0 Å². The fourth-order valence-electron chi connectivity index (χ4n) is 1.93. The maximum Gasteiger partial charge on any atom is 0.320 e. The van der Waals surface area contributed by atoms with Crippen molar-refractivity contribution in [2.45, 2.75) is 24.8 Å². The SMILES string of the molecule is C#CCNC(CC(SC)n1ccc(=O)c(O)c1C)C(=O)O. The number of terminal acetylenes is 1. The van der Waals surface area contributed by atoms with Crippen molar-refractivity contribution in [3.05, 3.63) is 28.2 Å². The molecule has 0 amide bonds. The number of aromatic nitrogens is 1. The van der Waals surface area contributed by atoms with E-state index in [0.29, 0.717) is 5.69 Å². The number of rotatable bonds is 7. The van der Waals surface area contributed by atoms with Crippen molar-refractivity contribution in [3.8, 4) is 18.1 Å². The summed E-state index contributed by atoms with van der Waals surface area (Å²) in [7, 11) is 0. The minimum absolute atomic E-state index is 0.159. The first-order valence-corrected chi connectivity index (χ1v) is 7.54. The monoisotopic (exact) mass is 310 g/mol. The number of aliphatic carboxylic acids is 1. The summed E-state index contributed by atoms with van der Waals surface area (Å²) in [5.41, 5.74) is -0.0493. The number of pyridine rings is 1. The molecule has 0 bridgehead atoms. The highest BCUT2D eigenvalue weighted by molar-refractivity contribution is 7.98. The van der Waals surface area contributed by atoms with Gasteiger partial charge in [0.1, 0.15) is 6.04 Å². The van der Waals surface area contributed by atoms with Crippen LogP contribution < -0.4 is 10.7 Å². The molecule has 1 aromatic heterocycles. The number of aromatic hydroxyl groups is 1. The van der Waals surface area contributed by atoms with Crippen molar-refractivity contribution >= 4 is 17.7 Å². The highest BCUT2D eigenvalue weighted by atomic mass is 32.2. The summed E-state index contributed by atoms with van der Waals surface area (Å²) in [6, 6.07) is 0.454. The quantitative estimate of drug-likeness (QED) is 0.645. The van der Waals surface area contributed by atoms with Crippen LogP contribution in [0, 0.1) is 19.3 Å². The molecule has 6 nitrogen and oxygen atoms in total. The van der Waals surface area contributed by atoms with E-state index in [1.807, 2.05) is 6.26 Å². The third kappa shape index (κ3) is 4.28. The van der Waals surface area contributed by atoms with Gasteiger partial charge in [-0.1, -0.05) is 5.92 Å². The molecule has 2 atom stereocenters. The van der Waals surface area contributed by atoms with Gasteiger partial charge in [0.05, 0.1) is 17.6 Å². The van der Waals surface area contributed by atoms with Gasteiger partial charge in [0.2, 0.25) is 5.43 Å². The van der Waals surface area contributed by atoms with E-state index in [4.69, 9.17) is 6.42 Å². The van der Waals surface area contributed by atoms with Crippen LogP contribution in [-0.2, 0) is 4.79 Å². The van der Waals surface area contributed by atoms with Gasteiger partial charge < -0.3 is 14.8 Å². The zero-order valence-electron chi connectivity index (χ0n) is 11.9. The van der Waals surface area contributed by atoms with E-state index >= 15 is 0 Å². The Morgan fingerprint density at radius 1 is 1.62 bits per heavy atom. The van der Waals surface area contributed by atoms with Crippen LogP contribution in [-0.4, -0.2) is 39.6 Å². The molecule has 2 unspecified atom stereocenters.